The summed E-state index contributed by atoms with van der Waals surface area (Å²) in [7, 11) is -4.38. The Hall–Kier alpha value is -1.61. The molecule has 2 aromatic rings. The first kappa shape index (κ1) is 8.01. The SMILES string of the molecule is O=S(=O)(O)c1nc2ncncn2n1. The van der Waals surface area contributed by atoms with Crippen molar-refractivity contribution in [3.63, 3.8) is 0 Å². The van der Waals surface area contributed by atoms with Crippen LogP contribution in [0.15, 0.2) is 17.8 Å². The van der Waals surface area contributed by atoms with Crippen LogP contribution in [0.2, 0.25) is 0 Å². The van der Waals surface area contributed by atoms with Gasteiger partial charge in [-0.1, -0.05) is 0 Å². The molecule has 0 atom stereocenters. The van der Waals surface area contributed by atoms with Crippen LogP contribution in [-0.2, 0) is 10.1 Å². The quantitative estimate of drug-likeness (QED) is 0.575. The van der Waals surface area contributed by atoms with E-state index in [4.69, 9.17) is 4.55 Å². The van der Waals surface area contributed by atoms with E-state index in [-0.39, 0.29) is 5.78 Å². The molecule has 2 heterocycles. The number of nitrogens with zero attached hydrogens (tertiary/aromatic N) is 5. The zero-order valence-corrected chi connectivity index (χ0v) is 6.88. The van der Waals surface area contributed by atoms with Crippen molar-refractivity contribution in [2.75, 3.05) is 0 Å². The molecule has 68 valence electrons. The summed E-state index contributed by atoms with van der Waals surface area (Å²) < 4.78 is 30.8. The highest BCUT2D eigenvalue weighted by Crippen LogP contribution is 2.01. The first-order valence-corrected chi connectivity index (χ1v) is 4.51. The van der Waals surface area contributed by atoms with E-state index in [1.807, 2.05) is 0 Å². The summed E-state index contributed by atoms with van der Waals surface area (Å²) in [6, 6.07) is 0. The summed E-state index contributed by atoms with van der Waals surface area (Å²) in [5.74, 6) is 0.0580. The molecule has 0 aliphatic rings. The largest absolute Gasteiger partial charge is 0.332 e. The maximum Gasteiger partial charge on any atom is 0.332 e. The normalized spacial score (nSPS) is 12.1. The Bertz CT molecular complexity index is 513. The molecule has 13 heavy (non-hydrogen) atoms. The zero-order chi connectivity index (χ0) is 9.47. The third-order valence-corrected chi connectivity index (χ3v) is 1.87. The maximum atomic E-state index is 10.6. The topological polar surface area (TPSA) is 110 Å². The van der Waals surface area contributed by atoms with Gasteiger partial charge in [-0.2, -0.15) is 22.9 Å². The van der Waals surface area contributed by atoms with Crippen LogP contribution < -0.4 is 0 Å². The van der Waals surface area contributed by atoms with E-state index >= 15 is 0 Å². The predicted octanol–water partition coefficient (Wildman–Crippen LogP) is -1.23. The second kappa shape index (κ2) is 2.44. The van der Waals surface area contributed by atoms with E-state index in [0.717, 1.165) is 4.52 Å². The Kier molecular flexibility index (Phi) is 1.50. The van der Waals surface area contributed by atoms with Gasteiger partial charge in [0.2, 0.25) is 0 Å². The molecule has 2 aromatic heterocycles. The minimum Gasteiger partial charge on any atom is -0.279 e. The molecule has 8 nitrogen and oxygen atoms in total. The Morgan fingerprint density at radius 1 is 1.46 bits per heavy atom. The van der Waals surface area contributed by atoms with Crippen molar-refractivity contribution >= 4 is 15.9 Å². The molecule has 0 aromatic carbocycles. The van der Waals surface area contributed by atoms with Crippen molar-refractivity contribution in [1.82, 2.24) is 24.6 Å². The molecular weight excluding hydrogens is 198 g/mol. The smallest absolute Gasteiger partial charge is 0.279 e. The zero-order valence-electron chi connectivity index (χ0n) is 6.06. The van der Waals surface area contributed by atoms with Gasteiger partial charge in [-0.3, -0.25) is 4.55 Å². The van der Waals surface area contributed by atoms with Gasteiger partial charge in [0.15, 0.2) is 0 Å². The fraction of sp³-hybridized carbons (Fsp3) is 0. The molecule has 0 unspecified atom stereocenters. The molecule has 0 saturated heterocycles. The number of hydrogen-bond donors (Lipinski definition) is 1. The fourth-order valence-corrected chi connectivity index (χ4v) is 1.14. The monoisotopic (exact) mass is 201 g/mol. The van der Waals surface area contributed by atoms with E-state index in [0.29, 0.717) is 0 Å². The molecule has 0 radical (unpaired) electrons. The van der Waals surface area contributed by atoms with Crippen LogP contribution in [-0.4, -0.2) is 37.5 Å². The van der Waals surface area contributed by atoms with Crippen LogP contribution in [0.4, 0.5) is 0 Å². The second-order valence-corrected chi connectivity index (χ2v) is 3.44. The summed E-state index contributed by atoms with van der Waals surface area (Å²) in [6.07, 6.45) is 2.42. The maximum absolute atomic E-state index is 10.6. The van der Waals surface area contributed by atoms with Crippen molar-refractivity contribution in [1.29, 1.82) is 0 Å². The van der Waals surface area contributed by atoms with Crippen LogP contribution in [0, 0.1) is 0 Å². The van der Waals surface area contributed by atoms with Crippen molar-refractivity contribution in [3.8, 4) is 0 Å². The molecule has 1 N–H and O–H groups in total. The Morgan fingerprint density at radius 2 is 2.23 bits per heavy atom. The summed E-state index contributed by atoms with van der Waals surface area (Å²) in [4.78, 5) is 10.6. The van der Waals surface area contributed by atoms with Crippen molar-refractivity contribution < 1.29 is 13.0 Å². The van der Waals surface area contributed by atoms with E-state index in [1.54, 1.807) is 0 Å². The molecule has 9 heteroatoms. The van der Waals surface area contributed by atoms with Crippen LogP contribution in [0.5, 0.6) is 0 Å². The lowest BCUT2D eigenvalue weighted by Crippen LogP contribution is -2.00. The minimum atomic E-state index is -4.38. The summed E-state index contributed by atoms with van der Waals surface area (Å²) in [6.45, 7) is 0. The van der Waals surface area contributed by atoms with Gasteiger partial charge in [0, 0.05) is 0 Å². The molecule has 0 fully saturated rings. The number of fused-ring (bicyclic) bond motifs is 1. The molecule has 0 amide bonds. The van der Waals surface area contributed by atoms with Crippen LogP contribution >= 0.6 is 0 Å². The Balaban J connectivity index is 2.77. The lowest BCUT2D eigenvalue weighted by atomic mass is 11.0. The molecule has 0 aliphatic carbocycles. The van der Waals surface area contributed by atoms with Gasteiger partial charge >= 0.3 is 10.1 Å². The van der Waals surface area contributed by atoms with Crippen LogP contribution in [0.3, 0.4) is 0 Å². The minimum absolute atomic E-state index is 0.0580. The number of rotatable bonds is 1. The molecule has 0 spiro atoms. The molecule has 0 bridgehead atoms. The molecular formula is C4H3N5O3S. The Morgan fingerprint density at radius 3 is 2.85 bits per heavy atom. The molecule has 2 rings (SSSR count). The van der Waals surface area contributed by atoms with E-state index < -0.39 is 15.3 Å². The van der Waals surface area contributed by atoms with Gasteiger partial charge in [-0.25, -0.2) is 4.98 Å². The summed E-state index contributed by atoms with van der Waals surface area (Å²) in [5, 5.41) is 2.74. The van der Waals surface area contributed by atoms with E-state index in [1.165, 1.54) is 12.7 Å². The van der Waals surface area contributed by atoms with Gasteiger partial charge in [-0.05, 0) is 0 Å². The van der Waals surface area contributed by atoms with Gasteiger partial charge in [0.1, 0.15) is 12.7 Å². The van der Waals surface area contributed by atoms with Crippen molar-refractivity contribution in [2.45, 2.75) is 5.16 Å². The lowest BCUT2D eigenvalue weighted by Gasteiger charge is -1.83. The third-order valence-electron chi connectivity index (χ3n) is 1.24. The Labute approximate surface area is 72.0 Å². The van der Waals surface area contributed by atoms with Crippen LogP contribution in [0.25, 0.3) is 5.78 Å². The average molecular weight is 201 g/mol. The number of hydrogen-bond acceptors (Lipinski definition) is 6. The molecule has 0 saturated carbocycles. The van der Waals surface area contributed by atoms with Crippen molar-refractivity contribution in [3.05, 3.63) is 12.7 Å². The first-order chi connectivity index (χ1) is 6.07. The first-order valence-electron chi connectivity index (χ1n) is 3.07. The van der Waals surface area contributed by atoms with Crippen LogP contribution in [0.1, 0.15) is 0 Å². The summed E-state index contributed by atoms with van der Waals surface area (Å²) in [5.41, 5.74) is 0. The van der Waals surface area contributed by atoms with E-state index in [9.17, 15) is 8.42 Å². The van der Waals surface area contributed by atoms with Gasteiger partial charge in [-0.15, -0.1) is 5.10 Å². The highest BCUT2D eigenvalue weighted by Gasteiger charge is 2.16. The lowest BCUT2D eigenvalue weighted by molar-refractivity contribution is 0.474. The summed E-state index contributed by atoms with van der Waals surface area (Å²) >= 11 is 0. The highest BCUT2D eigenvalue weighted by atomic mass is 32.2. The fourth-order valence-electron chi connectivity index (χ4n) is 0.749. The van der Waals surface area contributed by atoms with Gasteiger partial charge < -0.3 is 0 Å². The average Bonchev–Trinajstić information content (AvgIpc) is 2.45. The standard InChI is InChI=1S/C4H3N5O3S/c10-13(11,12)4-7-3-6-1-5-2-9(3)8-4/h1-2H,(H,10,11,12). The third kappa shape index (κ3) is 1.34. The predicted molar refractivity (Wildman–Crippen MR) is 38.4 cm³/mol. The number of aromatic nitrogens is 5. The highest BCUT2D eigenvalue weighted by molar-refractivity contribution is 7.85. The van der Waals surface area contributed by atoms with Gasteiger partial charge in [0.05, 0.1) is 0 Å². The molecule has 0 aliphatic heterocycles. The van der Waals surface area contributed by atoms with Gasteiger partial charge in [0.25, 0.3) is 10.9 Å². The second-order valence-electron chi connectivity index (χ2n) is 2.12. The van der Waals surface area contributed by atoms with E-state index in [2.05, 4.69) is 20.1 Å². The van der Waals surface area contributed by atoms with Crippen molar-refractivity contribution in [2.24, 2.45) is 0 Å².